The largest absolute Gasteiger partial charge is 0.444 e. The van der Waals surface area contributed by atoms with E-state index in [0.29, 0.717) is 0 Å². The molecule has 0 aromatic carbocycles. The van der Waals surface area contributed by atoms with Gasteiger partial charge >= 0.3 is 6.09 Å². The molecule has 1 rings (SSSR count). The third-order valence-corrected chi connectivity index (χ3v) is 3.56. The van der Waals surface area contributed by atoms with Crippen molar-refractivity contribution < 1.29 is 28.6 Å². The van der Waals surface area contributed by atoms with Crippen molar-refractivity contribution in [2.75, 3.05) is 6.61 Å². The Hall–Kier alpha value is -0.990. The molecule has 2 unspecified atom stereocenters. The third-order valence-electron chi connectivity index (χ3n) is 2.63. The summed E-state index contributed by atoms with van der Waals surface area (Å²) >= 11 is 2.99. The highest BCUT2D eigenvalue weighted by Gasteiger charge is 2.36. The van der Waals surface area contributed by atoms with Crippen molar-refractivity contribution in [2.45, 2.75) is 63.4 Å². The average Bonchev–Trinajstić information content (AvgIpc) is 2.64. The van der Waals surface area contributed by atoms with Crippen LogP contribution in [0.2, 0.25) is 0 Å². The van der Waals surface area contributed by atoms with Gasteiger partial charge in [0.1, 0.15) is 5.60 Å². The highest BCUT2D eigenvalue weighted by Crippen LogP contribution is 2.25. The Bertz CT molecular complexity index is 457. The van der Waals surface area contributed by atoms with E-state index in [4.69, 9.17) is 14.2 Å². The lowest BCUT2D eigenvalue weighted by Gasteiger charge is -2.20. The van der Waals surface area contributed by atoms with Crippen LogP contribution in [0.3, 0.4) is 0 Å². The lowest BCUT2D eigenvalue weighted by Crippen LogP contribution is -2.43. The van der Waals surface area contributed by atoms with E-state index in [0.717, 1.165) is 0 Å². The number of alkyl carbamates (subject to hydrolysis) is 1. The quantitative estimate of drug-likeness (QED) is 0.592. The van der Waals surface area contributed by atoms with Crippen LogP contribution in [-0.2, 0) is 23.8 Å². The first-order chi connectivity index (χ1) is 9.89. The number of Topliss-reactive ketones (excluding diaryl/α,β-unsaturated/α-hetero) is 1. The van der Waals surface area contributed by atoms with Crippen molar-refractivity contribution >= 4 is 33.7 Å². The normalized spacial score (nSPS) is 22.0. The summed E-state index contributed by atoms with van der Waals surface area (Å²) in [7, 11) is 0. The van der Waals surface area contributed by atoms with Crippen molar-refractivity contribution in [2.24, 2.45) is 0 Å². The van der Waals surface area contributed by atoms with Crippen LogP contribution in [0.1, 0.15) is 41.0 Å². The van der Waals surface area contributed by atoms with Gasteiger partial charge in [0.05, 0.1) is 12.7 Å². The fourth-order valence-corrected chi connectivity index (χ4v) is 2.11. The molecular weight excluding hydrogens is 358 g/mol. The van der Waals surface area contributed by atoms with E-state index in [1.807, 2.05) is 5.32 Å². The zero-order valence-electron chi connectivity index (χ0n) is 13.4. The molecule has 22 heavy (non-hydrogen) atoms. The van der Waals surface area contributed by atoms with E-state index in [-0.39, 0.29) is 13.0 Å². The molecule has 2 amide bonds. The first-order valence-electron chi connectivity index (χ1n) is 6.92. The molecule has 1 N–H and O–H groups in total. The molecular formula is C14H22BrNO6. The van der Waals surface area contributed by atoms with Gasteiger partial charge in [-0.1, -0.05) is 15.9 Å². The van der Waals surface area contributed by atoms with Crippen molar-refractivity contribution in [1.82, 2.24) is 5.32 Å². The highest BCUT2D eigenvalue weighted by atomic mass is 79.9. The van der Waals surface area contributed by atoms with Gasteiger partial charge in [-0.25, -0.2) is 4.79 Å². The Balaban J connectivity index is 2.46. The van der Waals surface area contributed by atoms with Crippen LogP contribution >= 0.6 is 15.9 Å². The average molecular weight is 380 g/mol. The number of amides is 2. The lowest BCUT2D eigenvalue weighted by molar-refractivity contribution is -0.142. The second kappa shape index (κ2) is 7.06. The van der Waals surface area contributed by atoms with Gasteiger partial charge in [-0.2, -0.15) is 0 Å². The van der Waals surface area contributed by atoms with Crippen molar-refractivity contribution in [3.63, 3.8) is 0 Å². The second-order valence-corrected chi connectivity index (χ2v) is 7.39. The van der Waals surface area contributed by atoms with Gasteiger partial charge in [-0.3, -0.25) is 14.9 Å². The van der Waals surface area contributed by atoms with Crippen LogP contribution in [0.25, 0.3) is 0 Å². The van der Waals surface area contributed by atoms with E-state index in [1.54, 1.807) is 34.6 Å². The standard InChI is InChI=1S/C14H22BrNO6/c1-13(2,3)22-12(19)16-11(18)10(15)9(17)6-8-7-20-14(4,5)21-8/h8,10H,6-7H2,1-5H3,(H,16,18,19). The van der Waals surface area contributed by atoms with Gasteiger partial charge in [0, 0.05) is 6.42 Å². The van der Waals surface area contributed by atoms with Crippen molar-refractivity contribution in [3.8, 4) is 0 Å². The monoisotopic (exact) mass is 379 g/mol. The molecule has 8 heteroatoms. The molecule has 0 saturated carbocycles. The van der Waals surface area contributed by atoms with E-state index in [1.165, 1.54) is 0 Å². The van der Waals surface area contributed by atoms with Gasteiger partial charge in [0.2, 0.25) is 0 Å². The van der Waals surface area contributed by atoms with Crippen LogP contribution in [0.4, 0.5) is 4.79 Å². The number of hydrogen-bond donors (Lipinski definition) is 1. The number of halogens is 1. The zero-order valence-corrected chi connectivity index (χ0v) is 15.0. The molecule has 1 aliphatic rings. The number of ether oxygens (including phenoxy) is 3. The summed E-state index contributed by atoms with van der Waals surface area (Å²) in [6.45, 7) is 8.80. The van der Waals surface area contributed by atoms with Gasteiger partial charge in [-0.15, -0.1) is 0 Å². The summed E-state index contributed by atoms with van der Waals surface area (Å²) in [5, 5.41) is 2.02. The smallest absolute Gasteiger partial charge is 0.414 e. The Labute approximate surface area is 138 Å². The maximum atomic E-state index is 12.0. The predicted molar refractivity (Wildman–Crippen MR) is 81.6 cm³/mol. The minimum atomic E-state index is -1.15. The predicted octanol–water partition coefficient (Wildman–Crippen LogP) is 1.91. The highest BCUT2D eigenvalue weighted by molar-refractivity contribution is 9.10. The number of nitrogens with one attached hydrogen (secondary N) is 1. The van der Waals surface area contributed by atoms with Crippen molar-refractivity contribution in [1.29, 1.82) is 0 Å². The minimum Gasteiger partial charge on any atom is -0.444 e. The maximum absolute atomic E-state index is 12.0. The number of alkyl halides is 1. The topological polar surface area (TPSA) is 90.9 Å². The van der Waals surface area contributed by atoms with Crippen LogP contribution in [0, 0.1) is 0 Å². The molecule has 0 radical (unpaired) electrons. The summed E-state index contributed by atoms with van der Waals surface area (Å²) in [4.78, 5) is 34.2. The number of hydrogen-bond acceptors (Lipinski definition) is 6. The zero-order chi connectivity index (χ0) is 17.1. The van der Waals surface area contributed by atoms with Crippen LogP contribution < -0.4 is 5.32 Å². The fourth-order valence-electron chi connectivity index (χ4n) is 1.81. The summed E-state index contributed by atoms with van der Waals surface area (Å²) < 4.78 is 15.8. The van der Waals surface area contributed by atoms with Gasteiger partial charge < -0.3 is 14.2 Å². The van der Waals surface area contributed by atoms with Gasteiger partial charge in [-0.05, 0) is 34.6 Å². The minimum absolute atomic E-state index is 0.0150. The van der Waals surface area contributed by atoms with E-state index in [9.17, 15) is 14.4 Å². The SMILES string of the molecule is CC(C)(C)OC(=O)NC(=O)C(Br)C(=O)CC1COC(C)(C)O1. The maximum Gasteiger partial charge on any atom is 0.414 e. The molecule has 0 aliphatic carbocycles. The molecule has 0 aromatic heterocycles. The summed E-state index contributed by atoms with van der Waals surface area (Å²) in [5.41, 5.74) is -0.725. The molecule has 1 heterocycles. The molecule has 2 atom stereocenters. The molecule has 0 bridgehead atoms. The lowest BCUT2D eigenvalue weighted by atomic mass is 10.1. The summed E-state index contributed by atoms with van der Waals surface area (Å²) in [6, 6.07) is 0. The van der Waals surface area contributed by atoms with Crippen molar-refractivity contribution in [3.05, 3.63) is 0 Å². The fraction of sp³-hybridized carbons (Fsp3) is 0.786. The first kappa shape index (κ1) is 19.1. The van der Waals surface area contributed by atoms with Gasteiger partial charge in [0.25, 0.3) is 5.91 Å². The number of rotatable bonds is 4. The molecule has 126 valence electrons. The number of imide groups is 1. The number of carbonyl (C=O) groups is 3. The van der Waals surface area contributed by atoms with Crippen LogP contribution in [-0.4, -0.2) is 46.7 Å². The van der Waals surface area contributed by atoms with E-state index in [2.05, 4.69) is 15.9 Å². The molecule has 0 spiro atoms. The van der Waals surface area contributed by atoms with Crippen LogP contribution in [0.5, 0.6) is 0 Å². The molecule has 0 aromatic rings. The number of carbonyl (C=O) groups excluding carboxylic acids is 3. The van der Waals surface area contributed by atoms with Gasteiger partial charge in [0.15, 0.2) is 16.4 Å². The summed E-state index contributed by atoms with van der Waals surface area (Å²) in [6.07, 6.45) is -1.28. The molecule has 1 saturated heterocycles. The Kier molecular flexibility index (Phi) is 6.11. The first-order valence-corrected chi connectivity index (χ1v) is 7.83. The Morgan fingerprint density at radius 1 is 1.36 bits per heavy atom. The Morgan fingerprint density at radius 3 is 2.41 bits per heavy atom. The van der Waals surface area contributed by atoms with Crippen LogP contribution in [0.15, 0.2) is 0 Å². The second-order valence-electron chi connectivity index (χ2n) is 6.47. The van der Waals surface area contributed by atoms with E-state index < -0.39 is 40.1 Å². The molecule has 1 aliphatic heterocycles. The third kappa shape index (κ3) is 6.41. The molecule has 1 fully saturated rings. The van der Waals surface area contributed by atoms with E-state index >= 15 is 0 Å². The summed E-state index contributed by atoms with van der Waals surface area (Å²) in [5.74, 6) is -1.89. The number of ketones is 1. The molecule has 7 nitrogen and oxygen atoms in total. The Morgan fingerprint density at radius 2 is 1.95 bits per heavy atom.